The van der Waals surface area contributed by atoms with Crippen molar-refractivity contribution in [1.29, 1.82) is 0 Å². The van der Waals surface area contributed by atoms with Crippen LogP contribution in [0.3, 0.4) is 0 Å². The maximum atomic E-state index is 13.7. The predicted octanol–water partition coefficient (Wildman–Crippen LogP) is 6.46. The van der Waals surface area contributed by atoms with Gasteiger partial charge in [-0.1, -0.05) is 30.3 Å². The number of alkyl halides is 1. The number of ether oxygens (including phenoxy) is 1. The minimum Gasteiger partial charge on any atom is -0.493 e. The van der Waals surface area contributed by atoms with E-state index in [0.717, 1.165) is 39.2 Å². The fraction of sp³-hybridized carbons (Fsp3) is 0.250. The van der Waals surface area contributed by atoms with Gasteiger partial charge in [-0.2, -0.15) is 0 Å². The van der Waals surface area contributed by atoms with Gasteiger partial charge in [0, 0.05) is 41.4 Å². The monoisotopic (exact) mass is 553 g/mol. The Labute approximate surface area is 227 Å². The molecule has 1 aromatic heterocycles. The van der Waals surface area contributed by atoms with Gasteiger partial charge in [-0.25, -0.2) is 13.4 Å². The summed E-state index contributed by atoms with van der Waals surface area (Å²) in [5, 5.41) is 5.23. The number of fused-ring (bicyclic) bond motifs is 2. The third-order valence-electron chi connectivity index (χ3n) is 6.12. The Balaban J connectivity index is 1.26. The van der Waals surface area contributed by atoms with E-state index in [9.17, 15) is 8.42 Å². The fourth-order valence-corrected chi connectivity index (χ4v) is 7.17. The van der Waals surface area contributed by atoms with Crippen molar-refractivity contribution in [2.45, 2.75) is 29.0 Å². The largest absolute Gasteiger partial charge is 0.493 e. The summed E-state index contributed by atoms with van der Waals surface area (Å²) in [7, 11) is -3.71. The minimum atomic E-state index is -3.71. The number of hydrogen-bond acceptors (Lipinski definition) is 6. The molecule has 5 rings (SSSR count). The van der Waals surface area contributed by atoms with E-state index >= 15 is 0 Å². The van der Waals surface area contributed by atoms with Gasteiger partial charge in [-0.3, -0.25) is 4.31 Å². The van der Waals surface area contributed by atoms with Crippen molar-refractivity contribution < 1.29 is 13.2 Å². The molecule has 4 aromatic rings. The summed E-state index contributed by atoms with van der Waals surface area (Å²) in [5.74, 6) is 2.60. The summed E-state index contributed by atoms with van der Waals surface area (Å²) >= 11 is 7.61. The predicted molar refractivity (Wildman–Crippen MR) is 153 cm³/mol. The Morgan fingerprint density at radius 3 is 2.73 bits per heavy atom. The second-order valence-corrected chi connectivity index (χ2v) is 12.1. The molecular formula is C28H28ClN3O3S2. The lowest BCUT2D eigenvalue weighted by Gasteiger charge is -2.30. The Hall–Kier alpha value is -2.94. The number of rotatable bonds is 9. The van der Waals surface area contributed by atoms with Crippen LogP contribution in [0.15, 0.2) is 82.6 Å². The highest BCUT2D eigenvalue weighted by molar-refractivity contribution is 8.00. The van der Waals surface area contributed by atoms with Crippen LogP contribution in [0, 0.1) is 6.92 Å². The van der Waals surface area contributed by atoms with Gasteiger partial charge < -0.3 is 10.1 Å². The second-order valence-electron chi connectivity index (χ2n) is 8.83. The summed E-state index contributed by atoms with van der Waals surface area (Å²) < 4.78 is 34.8. The van der Waals surface area contributed by atoms with Crippen LogP contribution in [0.2, 0.25) is 0 Å². The van der Waals surface area contributed by atoms with Gasteiger partial charge in [-0.15, -0.1) is 23.4 Å². The smallest absolute Gasteiger partial charge is 0.264 e. The number of halogens is 1. The zero-order valence-electron chi connectivity index (χ0n) is 20.5. The molecule has 6 nitrogen and oxygen atoms in total. The van der Waals surface area contributed by atoms with Gasteiger partial charge in [0.15, 0.2) is 0 Å². The lowest BCUT2D eigenvalue weighted by atomic mass is 10.1. The van der Waals surface area contributed by atoms with Crippen LogP contribution in [0.5, 0.6) is 5.75 Å². The molecule has 1 aliphatic heterocycles. The number of nitrogens with zero attached hydrogens (tertiary/aromatic N) is 2. The summed E-state index contributed by atoms with van der Waals surface area (Å²) in [5.41, 5.74) is 2.62. The molecule has 0 aliphatic carbocycles. The van der Waals surface area contributed by atoms with Crippen molar-refractivity contribution in [3.63, 3.8) is 0 Å². The van der Waals surface area contributed by atoms with Crippen LogP contribution in [0.4, 0.5) is 11.5 Å². The molecule has 1 N–H and O–H groups in total. The Morgan fingerprint density at radius 2 is 1.89 bits per heavy atom. The highest BCUT2D eigenvalue weighted by Crippen LogP contribution is 2.40. The third-order valence-corrected chi connectivity index (χ3v) is 9.28. The van der Waals surface area contributed by atoms with E-state index < -0.39 is 10.0 Å². The van der Waals surface area contributed by atoms with Crippen LogP contribution in [0.1, 0.15) is 17.7 Å². The molecule has 1 aliphatic rings. The summed E-state index contributed by atoms with van der Waals surface area (Å²) in [6, 6.07) is 22.7. The molecule has 0 unspecified atom stereocenters. The van der Waals surface area contributed by atoms with Crippen molar-refractivity contribution in [1.82, 2.24) is 4.98 Å². The summed E-state index contributed by atoms with van der Waals surface area (Å²) in [6.07, 6.45) is 0.761. The topological polar surface area (TPSA) is 71.5 Å². The quantitative estimate of drug-likeness (QED) is 0.189. The Morgan fingerprint density at radius 1 is 1.05 bits per heavy atom. The third kappa shape index (κ3) is 5.81. The maximum Gasteiger partial charge on any atom is 0.264 e. The molecule has 0 bridgehead atoms. The van der Waals surface area contributed by atoms with Gasteiger partial charge in [-0.05, 0) is 66.1 Å². The van der Waals surface area contributed by atoms with Gasteiger partial charge in [0.2, 0.25) is 0 Å². The summed E-state index contributed by atoms with van der Waals surface area (Å²) in [6.45, 7) is 3.54. The average Bonchev–Trinajstić information content (AvgIpc) is 2.91. The number of anilines is 2. The van der Waals surface area contributed by atoms with Gasteiger partial charge in [0.05, 0.1) is 17.2 Å². The maximum absolute atomic E-state index is 13.7. The Bertz CT molecular complexity index is 1530. The van der Waals surface area contributed by atoms with E-state index in [1.54, 1.807) is 23.9 Å². The zero-order valence-corrected chi connectivity index (χ0v) is 22.9. The van der Waals surface area contributed by atoms with E-state index in [4.69, 9.17) is 16.3 Å². The molecule has 0 saturated carbocycles. The second kappa shape index (κ2) is 11.2. The van der Waals surface area contributed by atoms with Crippen LogP contribution < -0.4 is 14.4 Å². The molecule has 0 fully saturated rings. The molecular weight excluding hydrogens is 526 g/mol. The molecule has 3 aromatic carbocycles. The number of aryl methyl sites for hydroxylation is 1. The first-order valence-electron chi connectivity index (χ1n) is 12.1. The van der Waals surface area contributed by atoms with Crippen LogP contribution >= 0.6 is 23.4 Å². The van der Waals surface area contributed by atoms with Gasteiger partial charge in [0.25, 0.3) is 10.0 Å². The van der Waals surface area contributed by atoms with E-state index in [1.165, 1.54) is 4.31 Å². The molecule has 2 heterocycles. The van der Waals surface area contributed by atoms with Crippen molar-refractivity contribution in [3.8, 4) is 5.75 Å². The minimum absolute atomic E-state index is 0.295. The van der Waals surface area contributed by atoms with Crippen LogP contribution in [-0.2, 0) is 15.9 Å². The molecule has 0 spiro atoms. The van der Waals surface area contributed by atoms with Crippen molar-refractivity contribution in [2.24, 2.45) is 0 Å². The molecule has 0 saturated heterocycles. The van der Waals surface area contributed by atoms with Crippen molar-refractivity contribution in [3.05, 3.63) is 84.1 Å². The number of pyridine rings is 1. The molecule has 0 atom stereocenters. The van der Waals surface area contributed by atoms with E-state index in [1.807, 2.05) is 67.6 Å². The number of benzene rings is 3. The first kappa shape index (κ1) is 25.7. The van der Waals surface area contributed by atoms with Gasteiger partial charge in [0.1, 0.15) is 11.6 Å². The summed E-state index contributed by atoms with van der Waals surface area (Å²) in [4.78, 5) is 5.71. The van der Waals surface area contributed by atoms with E-state index in [-0.39, 0.29) is 0 Å². The van der Waals surface area contributed by atoms with E-state index in [0.29, 0.717) is 47.7 Å². The van der Waals surface area contributed by atoms with Crippen LogP contribution in [0.25, 0.3) is 10.8 Å². The number of hydrogen-bond donors (Lipinski definition) is 1. The van der Waals surface area contributed by atoms with E-state index in [2.05, 4.69) is 10.3 Å². The number of nitrogens with one attached hydrogen (secondary N) is 1. The zero-order chi connectivity index (χ0) is 25.8. The van der Waals surface area contributed by atoms with Crippen molar-refractivity contribution >= 4 is 55.7 Å². The average molecular weight is 554 g/mol. The molecule has 0 amide bonds. The standard InChI is InChI=1S/C28H28ClN3O3S2/c1-20-15-21(19-29)16-28(31-20)30-11-4-13-35-24-8-10-27-26(18-24)32(12-14-36-27)37(33,34)25-9-7-22-5-2-3-6-23(22)17-25/h2-3,5-10,15-18H,4,11-14,19H2,1H3,(H,30,31). The fourth-order valence-electron chi connectivity index (χ4n) is 4.35. The number of thioether (sulfide) groups is 1. The molecule has 37 heavy (non-hydrogen) atoms. The highest BCUT2D eigenvalue weighted by Gasteiger charge is 2.30. The first-order valence-corrected chi connectivity index (χ1v) is 15.1. The molecule has 9 heteroatoms. The lowest BCUT2D eigenvalue weighted by Crippen LogP contribution is -2.35. The highest BCUT2D eigenvalue weighted by atomic mass is 35.5. The van der Waals surface area contributed by atoms with Gasteiger partial charge >= 0.3 is 0 Å². The van der Waals surface area contributed by atoms with Crippen LogP contribution in [-0.4, -0.2) is 38.9 Å². The number of aromatic nitrogens is 1. The lowest BCUT2D eigenvalue weighted by molar-refractivity contribution is 0.315. The Kier molecular flexibility index (Phi) is 7.79. The first-order chi connectivity index (χ1) is 17.9. The molecule has 0 radical (unpaired) electrons. The SMILES string of the molecule is Cc1cc(CCl)cc(NCCCOc2ccc3c(c2)N(S(=O)(=O)c2ccc4ccccc4c2)CCS3)n1. The number of sulfonamides is 1. The van der Waals surface area contributed by atoms with Crippen molar-refractivity contribution in [2.75, 3.05) is 35.1 Å². The molecule has 192 valence electrons. The normalized spacial score (nSPS) is 13.4.